The number of benzene rings is 2. The van der Waals surface area contributed by atoms with Gasteiger partial charge in [-0.3, -0.25) is 15.0 Å². The van der Waals surface area contributed by atoms with Crippen LogP contribution in [0.4, 0.5) is 29.3 Å². The van der Waals surface area contributed by atoms with Crippen LogP contribution in [0.15, 0.2) is 60.8 Å². The fourth-order valence-corrected chi connectivity index (χ4v) is 3.50. The van der Waals surface area contributed by atoms with Gasteiger partial charge in [0.05, 0.1) is 16.3 Å². The summed E-state index contributed by atoms with van der Waals surface area (Å²) in [5.74, 6) is 0.637. The summed E-state index contributed by atoms with van der Waals surface area (Å²) in [4.78, 5) is 27.5. The summed E-state index contributed by atoms with van der Waals surface area (Å²) in [6.45, 7) is 1.18. The molecule has 3 rings (SSSR count). The topological polar surface area (TPSA) is 125 Å². The summed E-state index contributed by atoms with van der Waals surface area (Å²) in [6.07, 6.45) is -1.38. The van der Waals surface area contributed by atoms with Gasteiger partial charge in [-0.05, 0) is 67.9 Å². The number of carbonyl (C=O) groups is 2. The van der Waals surface area contributed by atoms with Gasteiger partial charge in [-0.2, -0.15) is 13.2 Å². The fourth-order valence-electron chi connectivity index (χ4n) is 3.28. The molecule has 9 nitrogen and oxygen atoms in total. The number of rotatable bonds is 11. The van der Waals surface area contributed by atoms with Crippen LogP contribution >= 0.6 is 11.6 Å². The van der Waals surface area contributed by atoms with Crippen molar-refractivity contribution in [1.82, 2.24) is 15.8 Å². The van der Waals surface area contributed by atoms with E-state index in [9.17, 15) is 22.8 Å². The molecule has 2 aromatic carbocycles. The third kappa shape index (κ3) is 9.21. The van der Waals surface area contributed by atoms with Crippen molar-refractivity contribution >= 4 is 34.9 Å². The predicted molar refractivity (Wildman–Crippen MR) is 135 cm³/mol. The number of amides is 3. The maximum Gasteiger partial charge on any atom is 0.417 e. The number of unbranched alkanes of at least 4 members (excludes halogenated alkanes) is 1. The quantitative estimate of drug-likeness (QED) is 0.114. The number of hydrogen-bond donors (Lipinski definition) is 5. The lowest BCUT2D eigenvalue weighted by Gasteiger charge is -2.13. The highest BCUT2D eigenvalue weighted by molar-refractivity contribution is 6.31. The van der Waals surface area contributed by atoms with Crippen LogP contribution < -0.4 is 26.2 Å². The highest BCUT2D eigenvalue weighted by atomic mass is 35.5. The SMILES string of the molecule is O=C(CCCCNCc1cc(Oc2ccc(NC(=O)Nc3ccc(Cl)c(C(F)(F)F)c3)cc2)ccn1)NO. The van der Waals surface area contributed by atoms with E-state index in [1.54, 1.807) is 48.1 Å². The molecule has 0 unspecified atom stereocenters. The first-order chi connectivity index (χ1) is 18.1. The van der Waals surface area contributed by atoms with Crippen LogP contribution in [-0.2, 0) is 17.5 Å². The molecule has 38 heavy (non-hydrogen) atoms. The zero-order chi connectivity index (χ0) is 27.5. The van der Waals surface area contributed by atoms with E-state index in [-0.39, 0.29) is 12.1 Å². The summed E-state index contributed by atoms with van der Waals surface area (Å²) in [5, 5.41) is 16.1. The maximum absolute atomic E-state index is 13.0. The number of ether oxygens (including phenoxy) is 1. The Kier molecular flexibility index (Phi) is 10.3. The first kappa shape index (κ1) is 28.7. The van der Waals surface area contributed by atoms with Gasteiger partial charge in [0.1, 0.15) is 11.5 Å². The van der Waals surface area contributed by atoms with E-state index >= 15 is 0 Å². The number of nitrogens with one attached hydrogen (secondary N) is 4. The van der Waals surface area contributed by atoms with Crippen molar-refractivity contribution in [2.24, 2.45) is 0 Å². The van der Waals surface area contributed by atoms with Crippen molar-refractivity contribution in [3.63, 3.8) is 0 Å². The molecular weight excluding hydrogens is 527 g/mol. The Balaban J connectivity index is 1.48. The zero-order valence-electron chi connectivity index (χ0n) is 19.9. The summed E-state index contributed by atoms with van der Waals surface area (Å²) in [7, 11) is 0. The molecule has 3 aromatic rings. The molecule has 1 heterocycles. The smallest absolute Gasteiger partial charge is 0.417 e. The number of carbonyl (C=O) groups excluding carboxylic acids is 2. The third-order valence-corrected chi connectivity index (χ3v) is 5.43. The van der Waals surface area contributed by atoms with Gasteiger partial charge in [0.15, 0.2) is 0 Å². The first-order valence-corrected chi connectivity index (χ1v) is 11.8. The largest absolute Gasteiger partial charge is 0.457 e. The minimum Gasteiger partial charge on any atom is -0.457 e. The zero-order valence-corrected chi connectivity index (χ0v) is 20.7. The Morgan fingerprint density at radius 2 is 1.66 bits per heavy atom. The average molecular weight is 552 g/mol. The number of anilines is 2. The average Bonchev–Trinajstić information content (AvgIpc) is 2.88. The van der Waals surface area contributed by atoms with Crippen molar-refractivity contribution in [2.75, 3.05) is 17.2 Å². The van der Waals surface area contributed by atoms with E-state index in [2.05, 4.69) is 20.9 Å². The van der Waals surface area contributed by atoms with Crippen molar-refractivity contribution in [1.29, 1.82) is 0 Å². The van der Waals surface area contributed by atoms with Gasteiger partial charge in [-0.25, -0.2) is 10.3 Å². The van der Waals surface area contributed by atoms with E-state index in [0.29, 0.717) is 36.7 Å². The molecule has 0 saturated heterocycles. The van der Waals surface area contributed by atoms with E-state index in [0.717, 1.165) is 24.2 Å². The van der Waals surface area contributed by atoms with Crippen molar-refractivity contribution in [2.45, 2.75) is 32.0 Å². The van der Waals surface area contributed by atoms with Crippen LogP contribution in [0.5, 0.6) is 11.5 Å². The summed E-state index contributed by atoms with van der Waals surface area (Å²) in [6, 6.07) is 12.2. The normalized spacial score (nSPS) is 11.1. The van der Waals surface area contributed by atoms with E-state index in [4.69, 9.17) is 21.5 Å². The van der Waals surface area contributed by atoms with E-state index in [1.165, 1.54) is 6.07 Å². The van der Waals surface area contributed by atoms with Crippen LogP contribution in [0.2, 0.25) is 5.02 Å². The van der Waals surface area contributed by atoms with Gasteiger partial charge >= 0.3 is 12.2 Å². The summed E-state index contributed by atoms with van der Waals surface area (Å²) >= 11 is 5.60. The molecule has 0 aliphatic heterocycles. The van der Waals surface area contributed by atoms with Gasteiger partial charge in [-0.15, -0.1) is 0 Å². The van der Waals surface area contributed by atoms with Crippen LogP contribution in [-0.4, -0.2) is 28.7 Å². The predicted octanol–water partition coefficient (Wildman–Crippen LogP) is 5.96. The number of pyridine rings is 1. The Labute approximate surface area is 221 Å². The number of aromatic nitrogens is 1. The van der Waals surface area contributed by atoms with Gasteiger partial charge in [0, 0.05) is 36.6 Å². The molecule has 0 radical (unpaired) electrons. The molecule has 0 atom stereocenters. The molecule has 13 heteroatoms. The lowest BCUT2D eigenvalue weighted by molar-refractivity contribution is -0.137. The number of alkyl halides is 3. The fraction of sp³-hybridized carbons (Fsp3) is 0.240. The molecule has 0 aliphatic rings. The number of urea groups is 1. The number of hydroxylamine groups is 1. The molecule has 0 saturated carbocycles. The van der Waals surface area contributed by atoms with Crippen LogP contribution in [0, 0.1) is 0 Å². The lowest BCUT2D eigenvalue weighted by atomic mass is 10.2. The van der Waals surface area contributed by atoms with Gasteiger partial charge in [0.25, 0.3) is 0 Å². The van der Waals surface area contributed by atoms with Gasteiger partial charge in [-0.1, -0.05) is 11.6 Å². The Morgan fingerprint density at radius 1 is 0.947 bits per heavy atom. The second kappa shape index (κ2) is 13.6. The Bertz CT molecular complexity index is 1240. The minimum atomic E-state index is -4.64. The number of halogens is 4. The highest BCUT2D eigenvalue weighted by Gasteiger charge is 2.33. The number of nitrogens with zero attached hydrogens (tertiary/aromatic N) is 1. The first-order valence-electron chi connectivity index (χ1n) is 11.5. The standard InChI is InChI=1S/C25H25ClF3N5O4/c26-22-9-6-17(14-21(22)25(27,28)29)33-24(36)32-16-4-7-19(8-5-16)38-20-10-12-31-18(13-20)15-30-11-2-1-3-23(35)34-37/h4-10,12-14,30,37H,1-3,11,15H2,(H,34,35)(H2,32,33,36). The van der Waals surface area contributed by atoms with Crippen LogP contribution in [0.1, 0.15) is 30.5 Å². The van der Waals surface area contributed by atoms with Gasteiger partial charge in [0.2, 0.25) is 5.91 Å². The molecule has 5 N–H and O–H groups in total. The molecule has 0 fully saturated rings. The molecule has 0 bridgehead atoms. The Hall–Kier alpha value is -3.87. The number of hydrogen-bond acceptors (Lipinski definition) is 6. The monoisotopic (exact) mass is 551 g/mol. The van der Waals surface area contributed by atoms with Crippen LogP contribution in [0.3, 0.4) is 0 Å². The van der Waals surface area contributed by atoms with Crippen molar-refractivity contribution in [3.8, 4) is 11.5 Å². The lowest BCUT2D eigenvalue weighted by Crippen LogP contribution is -2.19. The molecule has 0 aliphatic carbocycles. The second-order valence-electron chi connectivity index (χ2n) is 8.05. The van der Waals surface area contributed by atoms with Crippen molar-refractivity contribution in [3.05, 3.63) is 77.1 Å². The van der Waals surface area contributed by atoms with Crippen LogP contribution in [0.25, 0.3) is 0 Å². The molecule has 202 valence electrons. The molecular formula is C25H25ClF3N5O4. The molecule has 1 aromatic heterocycles. The highest BCUT2D eigenvalue weighted by Crippen LogP contribution is 2.36. The Morgan fingerprint density at radius 3 is 2.37 bits per heavy atom. The van der Waals surface area contributed by atoms with E-state index < -0.39 is 28.7 Å². The third-order valence-electron chi connectivity index (χ3n) is 5.10. The summed E-state index contributed by atoms with van der Waals surface area (Å²) < 4.78 is 44.9. The molecule has 3 amide bonds. The second-order valence-corrected chi connectivity index (χ2v) is 8.46. The summed E-state index contributed by atoms with van der Waals surface area (Å²) in [5.41, 5.74) is 1.64. The van der Waals surface area contributed by atoms with Crippen molar-refractivity contribution < 1.29 is 32.7 Å². The minimum absolute atomic E-state index is 0.0590. The maximum atomic E-state index is 13.0. The van der Waals surface area contributed by atoms with Gasteiger partial charge < -0.3 is 20.7 Å². The van der Waals surface area contributed by atoms with E-state index in [1.807, 2.05) is 0 Å². The molecule has 0 spiro atoms.